The van der Waals surface area contributed by atoms with Gasteiger partial charge in [0.2, 0.25) is 0 Å². The molecule has 1 aromatic carbocycles. The molecule has 4 atom stereocenters. The Morgan fingerprint density at radius 3 is 2.25 bits per heavy atom. The fourth-order valence-corrected chi connectivity index (χ4v) is 6.41. The summed E-state index contributed by atoms with van der Waals surface area (Å²) in [6.45, 7) is 22.9. The highest BCUT2D eigenvalue weighted by molar-refractivity contribution is 6.74. The van der Waals surface area contributed by atoms with E-state index in [0.717, 1.165) is 25.7 Å². The van der Waals surface area contributed by atoms with Crippen LogP contribution in [0.25, 0.3) is 0 Å². The van der Waals surface area contributed by atoms with Gasteiger partial charge in [0.05, 0.1) is 0 Å². The molecule has 0 saturated carbocycles. The van der Waals surface area contributed by atoms with E-state index in [9.17, 15) is 4.79 Å². The fourth-order valence-electron chi connectivity index (χ4n) is 5.36. The maximum Gasteiger partial charge on any atom is 0.323 e. The molecule has 36 heavy (non-hydrogen) atoms. The number of nitrogens with zero attached hydrogens (tertiary/aromatic N) is 1. The zero-order valence-corrected chi connectivity index (χ0v) is 25.8. The largest absolute Gasteiger partial charge is 0.459 e. The van der Waals surface area contributed by atoms with E-state index in [1.54, 1.807) is 0 Å². The van der Waals surface area contributed by atoms with Gasteiger partial charge in [-0.1, -0.05) is 77.3 Å². The average Bonchev–Trinajstić information content (AvgIpc) is 3.06. The average molecular weight is 519 g/mol. The van der Waals surface area contributed by atoms with Crippen molar-refractivity contribution in [3.05, 3.63) is 35.9 Å². The molecule has 1 unspecified atom stereocenters. The summed E-state index contributed by atoms with van der Waals surface area (Å²) in [6.07, 6.45) is 5.05. The Morgan fingerprint density at radius 2 is 1.75 bits per heavy atom. The smallest absolute Gasteiger partial charge is 0.323 e. The molecule has 1 aliphatic rings. The lowest BCUT2D eigenvalue weighted by Gasteiger charge is -2.48. The normalized spacial score (nSPS) is 24.6. The van der Waals surface area contributed by atoms with Crippen molar-refractivity contribution in [2.24, 2.45) is 11.7 Å². The van der Waals surface area contributed by atoms with Gasteiger partial charge in [-0.15, -0.1) is 0 Å². The van der Waals surface area contributed by atoms with Gasteiger partial charge in [-0.2, -0.15) is 0 Å². The molecule has 6 heteroatoms. The fraction of sp³-hybridized carbons (Fsp3) is 0.767. The van der Waals surface area contributed by atoms with Gasteiger partial charge in [0.15, 0.2) is 8.32 Å². The molecule has 0 aliphatic carbocycles. The third-order valence-corrected chi connectivity index (χ3v) is 12.9. The third-order valence-electron chi connectivity index (χ3n) is 8.42. The minimum absolute atomic E-state index is 0.112. The Bertz CT molecular complexity index is 829. The van der Waals surface area contributed by atoms with Gasteiger partial charge in [-0.25, -0.2) is 0 Å². The van der Waals surface area contributed by atoms with E-state index in [2.05, 4.69) is 76.9 Å². The lowest BCUT2D eigenvalue weighted by Crippen LogP contribution is -2.62. The van der Waals surface area contributed by atoms with Crippen molar-refractivity contribution in [1.29, 1.82) is 0 Å². The molecule has 2 rings (SSSR count). The van der Waals surface area contributed by atoms with Crippen LogP contribution in [0.3, 0.4) is 0 Å². The third kappa shape index (κ3) is 7.43. The van der Waals surface area contributed by atoms with Gasteiger partial charge in [0, 0.05) is 30.7 Å². The first kappa shape index (κ1) is 31.0. The summed E-state index contributed by atoms with van der Waals surface area (Å²) in [5.74, 6) is 0.0125. The maximum atomic E-state index is 13.7. The van der Waals surface area contributed by atoms with Crippen LogP contribution in [0.4, 0.5) is 0 Å². The van der Waals surface area contributed by atoms with Crippen LogP contribution in [-0.2, 0) is 20.5 Å². The molecule has 0 spiro atoms. The summed E-state index contributed by atoms with van der Waals surface area (Å²) in [6, 6.07) is 10.00. The second kappa shape index (κ2) is 12.1. The molecule has 1 saturated heterocycles. The number of likely N-dealkylation sites (tertiary alicyclic amines) is 1. The zero-order valence-electron chi connectivity index (χ0n) is 24.8. The van der Waals surface area contributed by atoms with E-state index in [-0.39, 0.29) is 34.5 Å². The summed E-state index contributed by atoms with van der Waals surface area (Å²) < 4.78 is 12.8. The SMILES string of the molecule is CCCCC[C@]1(C(C)N)[C@H](CO[Si](C)(C)C(C)(C)C)C[C@H](C(=O)OC(C)(C)C)N1Cc1ccccc1. The van der Waals surface area contributed by atoms with Gasteiger partial charge in [-0.3, -0.25) is 9.69 Å². The second-order valence-electron chi connectivity index (χ2n) is 13.4. The monoisotopic (exact) mass is 518 g/mol. The number of hydrogen-bond donors (Lipinski definition) is 1. The molecule has 1 heterocycles. The summed E-state index contributed by atoms with van der Waals surface area (Å²) in [5, 5.41) is 0.124. The van der Waals surface area contributed by atoms with E-state index < -0.39 is 13.9 Å². The lowest BCUT2D eigenvalue weighted by atomic mass is 9.75. The van der Waals surface area contributed by atoms with E-state index in [1.165, 1.54) is 5.56 Å². The van der Waals surface area contributed by atoms with Crippen molar-refractivity contribution >= 4 is 14.3 Å². The molecule has 1 aliphatic heterocycles. The molecular formula is C30H54N2O3Si. The first-order valence-electron chi connectivity index (χ1n) is 14.0. The molecule has 0 amide bonds. The van der Waals surface area contributed by atoms with Crippen LogP contribution in [-0.4, -0.2) is 49.0 Å². The second-order valence-corrected chi connectivity index (χ2v) is 18.2. The number of carbonyl (C=O) groups is 1. The van der Waals surface area contributed by atoms with E-state index in [4.69, 9.17) is 14.9 Å². The first-order chi connectivity index (χ1) is 16.5. The molecule has 2 N–H and O–H groups in total. The number of benzene rings is 1. The topological polar surface area (TPSA) is 64.8 Å². The molecule has 0 aromatic heterocycles. The quantitative estimate of drug-likeness (QED) is 0.196. The van der Waals surface area contributed by atoms with Crippen LogP contribution in [0, 0.1) is 5.92 Å². The highest BCUT2D eigenvalue weighted by Crippen LogP contribution is 2.47. The Hall–Kier alpha value is -1.21. The Labute approximate surface area is 222 Å². The Balaban J connectivity index is 2.55. The van der Waals surface area contributed by atoms with Crippen molar-refractivity contribution in [2.75, 3.05) is 6.61 Å². The number of rotatable bonds is 11. The van der Waals surface area contributed by atoms with Crippen LogP contribution in [0.15, 0.2) is 30.3 Å². The maximum absolute atomic E-state index is 13.7. The summed E-state index contributed by atoms with van der Waals surface area (Å²) >= 11 is 0. The molecule has 1 aromatic rings. The zero-order chi connectivity index (χ0) is 27.4. The molecule has 0 bridgehead atoms. The number of carbonyl (C=O) groups excluding carboxylic acids is 1. The van der Waals surface area contributed by atoms with E-state index in [0.29, 0.717) is 19.6 Å². The van der Waals surface area contributed by atoms with Crippen LogP contribution in [0.2, 0.25) is 18.1 Å². The predicted molar refractivity (Wildman–Crippen MR) is 153 cm³/mol. The van der Waals surface area contributed by atoms with Crippen molar-refractivity contribution in [1.82, 2.24) is 4.90 Å². The highest BCUT2D eigenvalue weighted by atomic mass is 28.4. The number of nitrogens with two attached hydrogens (primary N) is 1. The minimum atomic E-state index is -1.97. The van der Waals surface area contributed by atoms with Crippen molar-refractivity contribution < 1.29 is 14.0 Å². The Morgan fingerprint density at radius 1 is 1.14 bits per heavy atom. The summed E-state index contributed by atoms with van der Waals surface area (Å²) in [5.41, 5.74) is 7.24. The van der Waals surface area contributed by atoms with Gasteiger partial charge in [0.25, 0.3) is 0 Å². The number of esters is 1. The van der Waals surface area contributed by atoms with Crippen molar-refractivity contribution in [3.8, 4) is 0 Å². The van der Waals surface area contributed by atoms with Crippen LogP contribution < -0.4 is 5.73 Å². The van der Waals surface area contributed by atoms with Crippen LogP contribution in [0.5, 0.6) is 0 Å². The number of ether oxygens (including phenoxy) is 1. The van der Waals surface area contributed by atoms with Gasteiger partial charge >= 0.3 is 5.97 Å². The molecule has 0 radical (unpaired) electrons. The summed E-state index contributed by atoms with van der Waals surface area (Å²) in [4.78, 5) is 16.1. The van der Waals surface area contributed by atoms with Crippen molar-refractivity contribution in [3.63, 3.8) is 0 Å². The molecule has 1 fully saturated rings. The van der Waals surface area contributed by atoms with E-state index >= 15 is 0 Å². The molecule has 206 valence electrons. The standard InChI is InChI=1S/C30H54N2O3Si/c1-11-12-16-19-30(23(2)31)25(22-34-36(9,10)29(6,7)8)20-26(27(33)35-28(3,4)5)32(30)21-24-17-14-13-15-18-24/h13-15,17-18,23,25-26H,11-12,16,19-22,31H2,1-10H3/t23?,25-,26+,30-/m0/s1. The number of hydrogen-bond acceptors (Lipinski definition) is 5. The van der Waals surface area contributed by atoms with Crippen molar-refractivity contribution in [2.45, 2.75) is 135 Å². The van der Waals surface area contributed by atoms with E-state index in [1.807, 2.05) is 26.8 Å². The molecular weight excluding hydrogens is 464 g/mol. The van der Waals surface area contributed by atoms with Gasteiger partial charge in [-0.05, 0) is 64.2 Å². The predicted octanol–water partition coefficient (Wildman–Crippen LogP) is 6.91. The first-order valence-corrected chi connectivity index (χ1v) is 16.9. The van der Waals surface area contributed by atoms with Crippen LogP contribution in [0.1, 0.15) is 93.1 Å². The van der Waals surface area contributed by atoms with Crippen LogP contribution >= 0.6 is 0 Å². The van der Waals surface area contributed by atoms with Gasteiger partial charge < -0.3 is 14.9 Å². The highest BCUT2D eigenvalue weighted by Gasteiger charge is 2.57. The lowest BCUT2D eigenvalue weighted by molar-refractivity contribution is -0.162. The molecule has 5 nitrogen and oxygen atoms in total. The summed E-state index contributed by atoms with van der Waals surface area (Å²) in [7, 11) is -1.97. The van der Waals surface area contributed by atoms with Gasteiger partial charge in [0.1, 0.15) is 11.6 Å². The minimum Gasteiger partial charge on any atom is -0.459 e. The Kier molecular flexibility index (Phi) is 10.4. The number of unbranched alkanes of at least 4 members (excludes halogenated alkanes) is 2.